The molecule has 0 amide bonds. The molecule has 0 aliphatic rings. The highest BCUT2D eigenvalue weighted by Crippen LogP contribution is 2.20. The lowest BCUT2D eigenvalue weighted by atomic mass is 10.2. The van der Waals surface area contributed by atoms with E-state index in [-0.39, 0.29) is 0 Å². The van der Waals surface area contributed by atoms with Crippen LogP contribution in [0.25, 0.3) is 0 Å². The molecule has 0 fully saturated rings. The molecule has 0 unspecified atom stereocenters. The van der Waals surface area contributed by atoms with E-state index >= 15 is 0 Å². The molecule has 0 aliphatic heterocycles. The van der Waals surface area contributed by atoms with E-state index in [1.807, 2.05) is 24.3 Å². The van der Waals surface area contributed by atoms with Gasteiger partial charge in [-0.1, -0.05) is 23.7 Å². The van der Waals surface area contributed by atoms with Crippen LogP contribution in [0.2, 0.25) is 5.15 Å². The summed E-state index contributed by atoms with van der Waals surface area (Å²) in [5, 5.41) is 7.81. The molecule has 16 heavy (non-hydrogen) atoms. The van der Waals surface area contributed by atoms with Crippen LogP contribution in [0.1, 0.15) is 5.56 Å². The molecule has 0 bridgehead atoms. The van der Waals surface area contributed by atoms with E-state index in [1.165, 1.54) is 0 Å². The Hall–Kier alpha value is -1.65. The molecule has 0 aliphatic carbocycles. The smallest absolute Gasteiger partial charge is 0.238 e. The average Bonchev–Trinajstić information content (AvgIpc) is 2.32. The molecular weight excluding hydrogens is 226 g/mol. The fourth-order valence-corrected chi connectivity index (χ4v) is 1.32. The van der Waals surface area contributed by atoms with Crippen molar-refractivity contribution >= 4 is 11.6 Å². The Bertz CT molecular complexity index is 473. The summed E-state index contributed by atoms with van der Waals surface area (Å²) >= 11 is 5.62. The summed E-state index contributed by atoms with van der Waals surface area (Å²) in [6, 6.07) is 10.8. The van der Waals surface area contributed by atoms with Crippen LogP contribution in [0.4, 0.5) is 0 Å². The van der Waals surface area contributed by atoms with E-state index in [1.54, 1.807) is 12.1 Å². The summed E-state index contributed by atoms with van der Waals surface area (Å²) in [5.74, 6) is 1.08. The predicted octanol–water partition coefficient (Wildman–Crippen LogP) is 2.38. The molecule has 5 heteroatoms. The van der Waals surface area contributed by atoms with Gasteiger partial charge in [-0.15, -0.1) is 10.2 Å². The van der Waals surface area contributed by atoms with Gasteiger partial charge in [0.25, 0.3) is 0 Å². The number of benzene rings is 1. The fourth-order valence-electron chi connectivity index (χ4n) is 1.21. The molecular formula is C11H10ClN3O. The van der Waals surface area contributed by atoms with E-state index in [9.17, 15) is 0 Å². The molecule has 1 aromatic heterocycles. The monoisotopic (exact) mass is 235 g/mol. The molecule has 0 atom stereocenters. The lowest BCUT2D eigenvalue weighted by Gasteiger charge is -2.05. The van der Waals surface area contributed by atoms with Crippen LogP contribution >= 0.6 is 11.6 Å². The van der Waals surface area contributed by atoms with Crippen molar-refractivity contribution in [3.05, 3.63) is 47.1 Å². The van der Waals surface area contributed by atoms with Crippen LogP contribution in [0.15, 0.2) is 36.4 Å². The summed E-state index contributed by atoms with van der Waals surface area (Å²) < 4.78 is 5.49. The highest BCUT2D eigenvalue weighted by molar-refractivity contribution is 6.29. The van der Waals surface area contributed by atoms with Crippen molar-refractivity contribution in [3.63, 3.8) is 0 Å². The lowest BCUT2D eigenvalue weighted by molar-refractivity contribution is 0.454. The third kappa shape index (κ3) is 2.68. The van der Waals surface area contributed by atoms with Crippen molar-refractivity contribution in [3.8, 4) is 11.6 Å². The molecule has 0 spiro atoms. The van der Waals surface area contributed by atoms with E-state index in [0.717, 1.165) is 5.56 Å². The fraction of sp³-hybridized carbons (Fsp3) is 0.0909. The molecule has 1 aromatic carbocycles. The zero-order valence-electron chi connectivity index (χ0n) is 8.43. The number of aromatic nitrogens is 2. The maximum atomic E-state index is 5.62. The molecule has 2 rings (SSSR count). The Balaban J connectivity index is 2.16. The number of rotatable bonds is 3. The van der Waals surface area contributed by atoms with Gasteiger partial charge in [0.05, 0.1) is 0 Å². The van der Waals surface area contributed by atoms with Gasteiger partial charge in [-0.05, 0) is 23.8 Å². The summed E-state index contributed by atoms with van der Waals surface area (Å²) in [7, 11) is 0. The second kappa shape index (κ2) is 4.92. The third-order valence-electron chi connectivity index (χ3n) is 1.96. The third-order valence-corrected chi connectivity index (χ3v) is 2.17. The van der Waals surface area contributed by atoms with E-state index < -0.39 is 0 Å². The molecule has 82 valence electrons. The highest BCUT2D eigenvalue weighted by Gasteiger charge is 2.00. The SMILES string of the molecule is NCc1cccc(Oc2ccc(Cl)nn2)c1. The van der Waals surface area contributed by atoms with Crippen LogP contribution in [0.3, 0.4) is 0 Å². The topological polar surface area (TPSA) is 61.0 Å². The summed E-state index contributed by atoms with van der Waals surface area (Å²) in [5.41, 5.74) is 6.53. The van der Waals surface area contributed by atoms with E-state index in [0.29, 0.717) is 23.3 Å². The molecule has 2 N–H and O–H groups in total. The minimum atomic E-state index is 0.336. The van der Waals surface area contributed by atoms with Gasteiger partial charge in [-0.25, -0.2) is 0 Å². The van der Waals surface area contributed by atoms with Crippen LogP contribution < -0.4 is 10.5 Å². The largest absolute Gasteiger partial charge is 0.438 e. The molecule has 0 radical (unpaired) electrons. The van der Waals surface area contributed by atoms with Crippen molar-refractivity contribution in [1.29, 1.82) is 0 Å². The van der Waals surface area contributed by atoms with Crippen molar-refractivity contribution in [2.75, 3.05) is 0 Å². The van der Waals surface area contributed by atoms with E-state index in [2.05, 4.69) is 10.2 Å². The molecule has 2 aromatic rings. The first-order valence-corrected chi connectivity index (χ1v) is 5.12. The highest BCUT2D eigenvalue weighted by atomic mass is 35.5. The number of ether oxygens (including phenoxy) is 1. The van der Waals surface area contributed by atoms with Crippen molar-refractivity contribution in [2.24, 2.45) is 5.73 Å². The Labute approximate surface area is 98.0 Å². The average molecular weight is 236 g/mol. The number of halogens is 1. The Morgan fingerprint density at radius 2 is 2.06 bits per heavy atom. The minimum absolute atomic E-state index is 0.336. The van der Waals surface area contributed by atoms with Crippen molar-refractivity contribution < 1.29 is 4.74 Å². The lowest BCUT2D eigenvalue weighted by Crippen LogP contribution is -1.96. The van der Waals surface area contributed by atoms with Crippen molar-refractivity contribution in [2.45, 2.75) is 6.54 Å². The molecule has 4 nitrogen and oxygen atoms in total. The zero-order chi connectivity index (χ0) is 11.4. The van der Waals surface area contributed by atoms with Gasteiger partial charge in [-0.3, -0.25) is 0 Å². The Morgan fingerprint density at radius 3 is 2.75 bits per heavy atom. The first-order chi connectivity index (χ1) is 7.78. The quantitative estimate of drug-likeness (QED) is 0.887. The number of nitrogens with two attached hydrogens (primary N) is 1. The second-order valence-corrected chi connectivity index (χ2v) is 3.54. The Morgan fingerprint density at radius 1 is 1.19 bits per heavy atom. The summed E-state index contributed by atoms with van der Waals surface area (Å²) in [4.78, 5) is 0. The first-order valence-electron chi connectivity index (χ1n) is 4.74. The van der Waals surface area contributed by atoms with Gasteiger partial charge < -0.3 is 10.5 Å². The Kier molecular flexibility index (Phi) is 3.34. The normalized spacial score (nSPS) is 10.1. The van der Waals surface area contributed by atoms with Gasteiger partial charge in [-0.2, -0.15) is 0 Å². The number of nitrogens with zero attached hydrogens (tertiary/aromatic N) is 2. The first kappa shape index (κ1) is 10.9. The van der Waals surface area contributed by atoms with Crippen LogP contribution in [-0.2, 0) is 6.54 Å². The summed E-state index contributed by atoms with van der Waals surface area (Å²) in [6.07, 6.45) is 0. The maximum absolute atomic E-state index is 5.62. The van der Waals surface area contributed by atoms with Gasteiger partial charge in [0.15, 0.2) is 5.15 Å². The van der Waals surface area contributed by atoms with Gasteiger partial charge in [0.1, 0.15) is 5.75 Å². The zero-order valence-corrected chi connectivity index (χ0v) is 9.19. The maximum Gasteiger partial charge on any atom is 0.238 e. The van der Waals surface area contributed by atoms with Crippen LogP contribution in [0, 0.1) is 0 Å². The second-order valence-electron chi connectivity index (χ2n) is 3.15. The minimum Gasteiger partial charge on any atom is -0.438 e. The van der Waals surface area contributed by atoms with Crippen molar-refractivity contribution in [1.82, 2.24) is 10.2 Å². The summed E-state index contributed by atoms with van der Waals surface area (Å²) in [6.45, 7) is 0.476. The number of hydrogen-bond acceptors (Lipinski definition) is 4. The van der Waals surface area contributed by atoms with Gasteiger partial charge in [0.2, 0.25) is 5.88 Å². The van der Waals surface area contributed by atoms with Crippen LogP contribution in [-0.4, -0.2) is 10.2 Å². The standard InChI is InChI=1S/C11H10ClN3O/c12-10-4-5-11(15-14-10)16-9-3-1-2-8(6-9)7-13/h1-6H,7,13H2. The van der Waals surface area contributed by atoms with E-state index in [4.69, 9.17) is 22.1 Å². The number of hydrogen-bond donors (Lipinski definition) is 1. The molecule has 1 heterocycles. The molecule has 0 saturated heterocycles. The predicted molar refractivity (Wildman–Crippen MR) is 61.4 cm³/mol. The van der Waals surface area contributed by atoms with Gasteiger partial charge >= 0.3 is 0 Å². The van der Waals surface area contributed by atoms with Crippen LogP contribution in [0.5, 0.6) is 11.6 Å². The van der Waals surface area contributed by atoms with Gasteiger partial charge in [0, 0.05) is 12.6 Å². The molecule has 0 saturated carbocycles.